The van der Waals surface area contributed by atoms with Crippen LogP contribution in [0.2, 0.25) is 0 Å². The van der Waals surface area contributed by atoms with Crippen molar-refractivity contribution < 1.29 is 9.84 Å². The van der Waals surface area contributed by atoms with Crippen molar-refractivity contribution in [2.45, 2.75) is 87.4 Å². The van der Waals surface area contributed by atoms with Gasteiger partial charge in [0.15, 0.2) is 0 Å². The van der Waals surface area contributed by atoms with Crippen LogP contribution in [-0.2, 0) is 0 Å². The summed E-state index contributed by atoms with van der Waals surface area (Å²) in [5.41, 5.74) is 3.76. The number of hydrogen-bond donors (Lipinski definition) is 1. The number of likely N-dealkylation sites (tertiary alicyclic amines) is 1. The molecule has 1 fully saturated rings. The normalized spacial score (nSPS) is 18.9. The summed E-state index contributed by atoms with van der Waals surface area (Å²) >= 11 is 1.99. The molecule has 2 aliphatic rings. The van der Waals surface area contributed by atoms with Gasteiger partial charge in [0.25, 0.3) is 0 Å². The highest BCUT2D eigenvalue weighted by Crippen LogP contribution is 2.47. The maximum Gasteiger partial charge on any atom is 0.126 e. The second-order valence-corrected chi connectivity index (χ2v) is 12.8. The van der Waals surface area contributed by atoms with Crippen molar-refractivity contribution in [1.82, 2.24) is 4.90 Å². The first-order valence-corrected chi connectivity index (χ1v) is 16.7. The average molecular weight is 558 g/mol. The van der Waals surface area contributed by atoms with Gasteiger partial charge in [-0.25, -0.2) is 0 Å². The van der Waals surface area contributed by atoms with Gasteiger partial charge < -0.3 is 14.7 Å². The number of ether oxygens (including phenoxy) is 1. The standard InChI is InChI=1S/C36H47NO2S/c38-31-19-22-33-35(27-31)39-28-34(29-15-9-8-10-16-29)36(33)30-17-20-32(21-18-30)40-26-14-7-5-3-1-2-4-6-11-23-37-24-12-13-25-37/h8-10,15-22,27,34,36,38H,1-7,11-14,23-26,28H2/t34-,36-/m1/s1. The molecule has 0 spiro atoms. The van der Waals surface area contributed by atoms with Crippen molar-refractivity contribution in [2.24, 2.45) is 0 Å². The van der Waals surface area contributed by atoms with Gasteiger partial charge in [0.05, 0.1) is 6.61 Å². The lowest BCUT2D eigenvalue weighted by Gasteiger charge is -2.34. The lowest BCUT2D eigenvalue weighted by atomic mass is 9.76. The molecule has 3 nitrogen and oxygen atoms in total. The minimum Gasteiger partial charge on any atom is -0.508 e. The third kappa shape index (κ3) is 8.30. The van der Waals surface area contributed by atoms with Crippen molar-refractivity contribution in [3.63, 3.8) is 0 Å². The summed E-state index contributed by atoms with van der Waals surface area (Å²) in [7, 11) is 0. The minimum atomic E-state index is 0.205. The van der Waals surface area contributed by atoms with E-state index in [1.165, 1.54) is 112 Å². The molecule has 0 saturated carbocycles. The van der Waals surface area contributed by atoms with E-state index in [1.54, 1.807) is 12.1 Å². The van der Waals surface area contributed by atoms with E-state index in [9.17, 15) is 5.11 Å². The van der Waals surface area contributed by atoms with E-state index in [4.69, 9.17) is 4.74 Å². The Morgan fingerprint density at radius 3 is 2.12 bits per heavy atom. The zero-order chi connectivity index (χ0) is 27.4. The Morgan fingerprint density at radius 2 is 1.40 bits per heavy atom. The average Bonchev–Trinajstić information content (AvgIpc) is 3.51. The highest BCUT2D eigenvalue weighted by atomic mass is 32.2. The Morgan fingerprint density at radius 1 is 0.725 bits per heavy atom. The second kappa shape index (κ2) is 15.5. The molecule has 214 valence electrons. The molecule has 0 unspecified atom stereocenters. The number of thioether (sulfide) groups is 1. The molecule has 2 heterocycles. The van der Waals surface area contributed by atoms with Gasteiger partial charge in [0, 0.05) is 28.4 Å². The van der Waals surface area contributed by atoms with Gasteiger partial charge in [-0.3, -0.25) is 0 Å². The molecule has 1 saturated heterocycles. The van der Waals surface area contributed by atoms with Crippen LogP contribution in [-0.4, -0.2) is 42.0 Å². The zero-order valence-corrected chi connectivity index (χ0v) is 24.9. The summed E-state index contributed by atoms with van der Waals surface area (Å²) in [4.78, 5) is 4.00. The molecule has 4 heteroatoms. The topological polar surface area (TPSA) is 32.7 Å². The molecular weight excluding hydrogens is 510 g/mol. The fourth-order valence-electron chi connectivity index (χ4n) is 6.44. The van der Waals surface area contributed by atoms with E-state index in [-0.39, 0.29) is 17.6 Å². The Hall–Kier alpha value is -2.43. The molecule has 0 aromatic heterocycles. The summed E-state index contributed by atoms with van der Waals surface area (Å²) in [6.45, 7) is 4.64. The molecule has 0 bridgehead atoms. The van der Waals surface area contributed by atoms with E-state index >= 15 is 0 Å². The van der Waals surface area contributed by atoms with Crippen LogP contribution in [0.4, 0.5) is 0 Å². The van der Waals surface area contributed by atoms with Crippen LogP contribution in [0.3, 0.4) is 0 Å². The molecule has 1 N–H and O–H groups in total. The first-order chi connectivity index (χ1) is 19.8. The number of rotatable bonds is 15. The van der Waals surface area contributed by atoms with Crippen LogP contribution in [0, 0.1) is 0 Å². The Balaban J connectivity index is 1.03. The van der Waals surface area contributed by atoms with Gasteiger partial charge in [-0.15, -0.1) is 11.8 Å². The number of aromatic hydroxyl groups is 1. The molecule has 3 aromatic carbocycles. The fraction of sp³-hybridized carbons (Fsp3) is 0.500. The highest BCUT2D eigenvalue weighted by Gasteiger charge is 2.33. The quantitative estimate of drug-likeness (QED) is 0.149. The molecule has 2 aliphatic heterocycles. The van der Waals surface area contributed by atoms with Crippen molar-refractivity contribution in [3.05, 3.63) is 89.5 Å². The number of phenols is 1. The van der Waals surface area contributed by atoms with E-state index in [0.717, 1.165) is 11.3 Å². The SMILES string of the molecule is Oc1ccc2c(c1)OC[C@H](c1ccccc1)[C@@H]2c1ccc(SCCCCCCCCCCCN2CCCC2)cc1. The maximum absolute atomic E-state index is 10.0. The van der Waals surface area contributed by atoms with Crippen LogP contribution >= 0.6 is 11.8 Å². The van der Waals surface area contributed by atoms with Gasteiger partial charge >= 0.3 is 0 Å². The number of benzene rings is 3. The predicted molar refractivity (Wildman–Crippen MR) is 169 cm³/mol. The van der Waals surface area contributed by atoms with Crippen molar-refractivity contribution in [3.8, 4) is 11.5 Å². The van der Waals surface area contributed by atoms with Crippen molar-refractivity contribution >= 4 is 11.8 Å². The van der Waals surface area contributed by atoms with E-state index in [1.807, 2.05) is 17.8 Å². The van der Waals surface area contributed by atoms with Gasteiger partial charge in [-0.05, 0) is 80.4 Å². The first-order valence-electron chi connectivity index (χ1n) is 15.7. The van der Waals surface area contributed by atoms with Crippen molar-refractivity contribution in [2.75, 3.05) is 32.0 Å². The van der Waals surface area contributed by atoms with Crippen molar-refractivity contribution in [1.29, 1.82) is 0 Å². The van der Waals surface area contributed by atoms with Crippen LogP contribution in [0.15, 0.2) is 77.7 Å². The highest BCUT2D eigenvalue weighted by molar-refractivity contribution is 7.99. The van der Waals surface area contributed by atoms with Gasteiger partial charge in [-0.2, -0.15) is 0 Å². The smallest absolute Gasteiger partial charge is 0.126 e. The number of unbranched alkanes of at least 4 members (excludes halogenated alkanes) is 8. The number of phenolic OH excluding ortho intramolecular Hbond substituents is 1. The number of nitrogens with zero attached hydrogens (tertiary/aromatic N) is 1. The maximum atomic E-state index is 10.0. The third-order valence-corrected chi connectivity index (χ3v) is 9.80. The molecule has 0 amide bonds. The number of hydrogen-bond acceptors (Lipinski definition) is 4. The van der Waals surface area contributed by atoms with Crippen LogP contribution in [0.5, 0.6) is 11.5 Å². The van der Waals surface area contributed by atoms with Gasteiger partial charge in [-0.1, -0.05) is 93.5 Å². The second-order valence-electron chi connectivity index (χ2n) is 11.7. The van der Waals surface area contributed by atoms with E-state index in [2.05, 4.69) is 59.5 Å². The van der Waals surface area contributed by atoms with Gasteiger partial charge in [0.1, 0.15) is 11.5 Å². The van der Waals surface area contributed by atoms with Crippen LogP contribution in [0.1, 0.15) is 99.2 Å². The third-order valence-electron chi connectivity index (χ3n) is 8.71. The summed E-state index contributed by atoms with van der Waals surface area (Å²) < 4.78 is 6.12. The van der Waals surface area contributed by atoms with Gasteiger partial charge in [0.2, 0.25) is 0 Å². The Labute approximate surface area is 246 Å². The summed E-state index contributed by atoms with van der Waals surface area (Å²) in [5.74, 6) is 2.70. The fourth-order valence-corrected chi connectivity index (χ4v) is 7.35. The zero-order valence-electron chi connectivity index (χ0n) is 24.1. The molecule has 2 atom stereocenters. The molecule has 0 radical (unpaired) electrons. The van der Waals surface area contributed by atoms with E-state index < -0.39 is 0 Å². The summed E-state index contributed by atoms with van der Waals surface area (Å²) in [6, 6.07) is 25.4. The first kappa shape index (κ1) is 29.1. The monoisotopic (exact) mass is 557 g/mol. The Kier molecular flexibility index (Phi) is 11.3. The summed E-state index contributed by atoms with van der Waals surface area (Å²) in [6.07, 6.45) is 15.3. The lowest BCUT2D eigenvalue weighted by molar-refractivity contribution is 0.248. The Bertz CT molecular complexity index is 1140. The molecular formula is C36H47NO2S. The largest absolute Gasteiger partial charge is 0.508 e. The predicted octanol–water partition coefficient (Wildman–Crippen LogP) is 9.40. The van der Waals surface area contributed by atoms with E-state index in [0.29, 0.717) is 6.61 Å². The lowest BCUT2D eigenvalue weighted by Crippen LogP contribution is -2.25. The molecule has 5 rings (SSSR count). The molecule has 3 aromatic rings. The number of fused-ring (bicyclic) bond motifs is 1. The molecule has 0 aliphatic carbocycles. The van der Waals surface area contributed by atoms with Crippen LogP contribution in [0.25, 0.3) is 0 Å². The molecule has 40 heavy (non-hydrogen) atoms. The van der Waals surface area contributed by atoms with Crippen LogP contribution < -0.4 is 4.74 Å². The summed E-state index contributed by atoms with van der Waals surface area (Å²) in [5, 5.41) is 10.0. The minimum absolute atomic E-state index is 0.205.